The van der Waals surface area contributed by atoms with E-state index in [1.54, 1.807) is 0 Å². The molecule has 2 saturated carbocycles. The number of fused-ring (bicyclic) bond motifs is 1. The van der Waals surface area contributed by atoms with Gasteiger partial charge in [0.1, 0.15) is 6.23 Å². The average molecular weight is 335 g/mol. The van der Waals surface area contributed by atoms with E-state index in [1.165, 1.54) is 56.1 Å². The molecule has 2 aromatic carbocycles. The maximum absolute atomic E-state index is 10.6. The average Bonchev–Trinajstić information content (AvgIpc) is 2.69. The molecule has 1 unspecified atom stereocenters. The van der Waals surface area contributed by atoms with Crippen LogP contribution < -0.4 is 5.32 Å². The molecular weight excluding hydrogens is 306 g/mol. The molecule has 4 atom stereocenters. The molecule has 2 N–H and O–H groups in total. The summed E-state index contributed by atoms with van der Waals surface area (Å²) in [4.78, 5) is 0. The first-order valence-corrected chi connectivity index (χ1v) is 9.89. The first-order valence-electron chi connectivity index (χ1n) is 9.89. The van der Waals surface area contributed by atoms with Crippen LogP contribution in [0.3, 0.4) is 0 Å². The van der Waals surface area contributed by atoms with E-state index in [-0.39, 0.29) is 0 Å². The normalized spacial score (nSPS) is 27.5. The van der Waals surface area contributed by atoms with Crippen LogP contribution in [-0.4, -0.2) is 11.1 Å². The van der Waals surface area contributed by atoms with E-state index in [0.717, 1.165) is 17.4 Å². The van der Waals surface area contributed by atoms with Crippen molar-refractivity contribution in [2.45, 2.75) is 57.2 Å². The molecule has 0 saturated heterocycles. The first kappa shape index (κ1) is 16.8. The van der Waals surface area contributed by atoms with Crippen LogP contribution in [-0.2, 0) is 0 Å². The van der Waals surface area contributed by atoms with E-state index >= 15 is 0 Å². The zero-order valence-corrected chi connectivity index (χ0v) is 14.9. The van der Waals surface area contributed by atoms with Crippen LogP contribution in [0.1, 0.15) is 56.7 Å². The highest BCUT2D eigenvalue weighted by molar-refractivity contribution is 5.63. The van der Waals surface area contributed by atoms with Crippen molar-refractivity contribution >= 4 is 0 Å². The van der Waals surface area contributed by atoms with Crippen molar-refractivity contribution in [1.82, 2.24) is 5.32 Å². The van der Waals surface area contributed by atoms with Crippen LogP contribution in [0.5, 0.6) is 0 Å². The zero-order valence-electron chi connectivity index (χ0n) is 14.9. The Bertz CT molecular complexity index is 666. The van der Waals surface area contributed by atoms with Gasteiger partial charge >= 0.3 is 0 Å². The number of benzene rings is 2. The van der Waals surface area contributed by atoms with Crippen LogP contribution >= 0.6 is 0 Å². The van der Waals surface area contributed by atoms with Gasteiger partial charge in [-0.05, 0) is 47.8 Å². The predicted molar refractivity (Wildman–Crippen MR) is 103 cm³/mol. The molecule has 0 heterocycles. The third-order valence-corrected chi connectivity index (χ3v) is 6.27. The third-order valence-electron chi connectivity index (χ3n) is 6.27. The fraction of sp³-hybridized carbons (Fsp3) is 0.478. The molecule has 0 aliphatic heterocycles. The number of hydrogen-bond donors (Lipinski definition) is 2. The summed E-state index contributed by atoms with van der Waals surface area (Å²) < 4.78 is 0. The number of aliphatic hydroxyl groups is 1. The lowest BCUT2D eigenvalue weighted by Gasteiger charge is -2.40. The second kappa shape index (κ2) is 7.72. The van der Waals surface area contributed by atoms with Crippen LogP contribution in [0.25, 0.3) is 11.1 Å². The van der Waals surface area contributed by atoms with Gasteiger partial charge in [-0.15, -0.1) is 0 Å². The molecule has 2 aromatic rings. The molecule has 2 fully saturated rings. The second-order valence-electron chi connectivity index (χ2n) is 7.87. The molecule has 0 spiro atoms. The summed E-state index contributed by atoms with van der Waals surface area (Å²) >= 11 is 0. The first-order chi connectivity index (χ1) is 12.3. The second-order valence-corrected chi connectivity index (χ2v) is 7.87. The molecule has 25 heavy (non-hydrogen) atoms. The fourth-order valence-electron chi connectivity index (χ4n) is 4.83. The van der Waals surface area contributed by atoms with Gasteiger partial charge in [0.15, 0.2) is 0 Å². The molecule has 2 heteroatoms. The highest BCUT2D eigenvalue weighted by Gasteiger charge is 2.32. The Kier molecular flexibility index (Phi) is 5.19. The Balaban J connectivity index is 1.37. The molecule has 4 rings (SSSR count). The standard InChI is InChI=1S/C23H29NO/c25-23(24-22-15-14-18-8-4-5-9-21(18)16-22)20-12-10-19(11-13-20)17-6-2-1-3-7-17/h1-3,6-7,10-13,18,21-25H,4-5,8-9,14-16H2/t18-,21+,22-,23?/m0/s1. The van der Waals surface area contributed by atoms with Crippen molar-refractivity contribution in [2.75, 3.05) is 0 Å². The van der Waals surface area contributed by atoms with E-state index in [9.17, 15) is 5.11 Å². The summed E-state index contributed by atoms with van der Waals surface area (Å²) in [6.07, 6.45) is 8.88. The maximum Gasteiger partial charge on any atom is 0.131 e. The van der Waals surface area contributed by atoms with Crippen molar-refractivity contribution in [3.63, 3.8) is 0 Å². The van der Waals surface area contributed by atoms with Crippen molar-refractivity contribution < 1.29 is 5.11 Å². The van der Waals surface area contributed by atoms with Gasteiger partial charge in [-0.2, -0.15) is 0 Å². The molecule has 2 nitrogen and oxygen atoms in total. The topological polar surface area (TPSA) is 32.3 Å². The van der Waals surface area contributed by atoms with Crippen molar-refractivity contribution in [2.24, 2.45) is 11.8 Å². The lowest BCUT2D eigenvalue weighted by atomic mass is 9.69. The predicted octanol–water partition coefficient (Wildman–Crippen LogP) is 5.29. The van der Waals surface area contributed by atoms with Gasteiger partial charge in [0, 0.05) is 6.04 Å². The lowest BCUT2D eigenvalue weighted by Crippen LogP contribution is -2.40. The van der Waals surface area contributed by atoms with E-state index in [2.05, 4.69) is 41.7 Å². The monoisotopic (exact) mass is 335 g/mol. The summed E-state index contributed by atoms with van der Waals surface area (Å²) in [5, 5.41) is 14.1. The van der Waals surface area contributed by atoms with Crippen LogP contribution in [0, 0.1) is 11.8 Å². The van der Waals surface area contributed by atoms with Crippen molar-refractivity contribution in [1.29, 1.82) is 0 Å². The Hall–Kier alpha value is -1.64. The van der Waals surface area contributed by atoms with E-state index < -0.39 is 6.23 Å². The van der Waals surface area contributed by atoms with Gasteiger partial charge in [0.05, 0.1) is 0 Å². The fourth-order valence-corrected chi connectivity index (χ4v) is 4.83. The number of aliphatic hydroxyl groups excluding tert-OH is 1. The lowest BCUT2D eigenvalue weighted by molar-refractivity contribution is 0.0808. The summed E-state index contributed by atoms with van der Waals surface area (Å²) in [5.41, 5.74) is 3.37. The molecule has 2 aliphatic carbocycles. The summed E-state index contributed by atoms with van der Waals surface area (Å²) in [5.74, 6) is 1.83. The van der Waals surface area contributed by atoms with Crippen LogP contribution in [0.4, 0.5) is 0 Å². The smallest absolute Gasteiger partial charge is 0.131 e. The molecule has 2 aliphatic rings. The molecule has 132 valence electrons. The van der Waals surface area contributed by atoms with Gasteiger partial charge in [-0.25, -0.2) is 0 Å². The molecule has 0 aromatic heterocycles. The summed E-state index contributed by atoms with van der Waals surface area (Å²) in [6.45, 7) is 0. The third kappa shape index (κ3) is 3.96. The van der Waals surface area contributed by atoms with Gasteiger partial charge in [-0.3, -0.25) is 5.32 Å². The Labute approximate surface area is 151 Å². The van der Waals surface area contributed by atoms with Crippen LogP contribution in [0.15, 0.2) is 54.6 Å². The van der Waals surface area contributed by atoms with Crippen molar-refractivity contribution in [3.8, 4) is 11.1 Å². The summed E-state index contributed by atoms with van der Waals surface area (Å²) in [6, 6.07) is 19.1. The largest absolute Gasteiger partial charge is 0.374 e. The van der Waals surface area contributed by atoms with E-state index in [4.69, 9.17) is 0 Å². The van der Waals surface area contributed by atoms with Gasteiger partial charge < -0.3 is 5.11 Å². The van der Waals surface area contributed by atoms with Gasteiger partial charge in [0.25, 0.3) is 0 Å². The highest BCUT2D eigenvalue weighted by atomic mass is 16.3. The molecule has 0 bridgehead atoms. The van der Waals surface area contributed by atoms with Gasteiger partial charge in [0.2, 0.25) is 0 Å². The highest BCUT2D eigenvalue weighted by Crippen LogP contribution is 2.40. The van der Waals surface area contributed by atoms with E-state index in [1.807, 2.05) is 18.2 Å². The number of nitrogens with one attached hydrogen (secondary N) is 1. The number of hydrogen-bond acceptors (Lipinski definition) is 2. The molecule has 0 amide bonds. The Morgan fingerprint density at radius 3 is 2.20 bits per heavy atom. The Morgan fingerprint density at radius 2 is 1.44 bits per heavy atom. The minimum absolute atomic E-state index is 0.461. The minimum Gasteiger partial charge on any atom is -0.374 e. The Morgan fingerprint density at radius 1 is 0.760 bits per heavy atom. The number of rotatable bonds is 4. The van der Waals surface area contributed by atoms with Crippen molar-refractivity contribution in [3.05, 3.63) is 60.2 Å². The van der Waals surface area contributed by atoms with E-state index in [0.29, 0.717) is 6.04 Å². The zero-order chi connectivity index (χ0) is 17.1. The summed E-state index contributed by atoms with van der Waals surface area (Å²) in [7, 11) is 0. The van der Waals surface area contributed by atoms with Crippen LogP contribution in [0.2, 0.25) is 0 Å². The molecular formula is C23H29NO. The quantitative estimate of drug-likeness (QED) is 0.744. The minimum atomic E-state index is -0.560. The molecule has 0 radical (unpaired) electrons. The SMILES string of the molecule is OC(N[C@H]1CC[C@@H]2CCCC[C@@H]2C1)c1ccc(-c2ccccc2)cc1. The maximum atomic E-state index is 10.6. The van der Waals surface area contributed by atoms with Gasteiger partial charge in [-0.1, -0.05) is 80.3 Å².